The van der Waals surface area contributed by atoms with Gasteiger partial charge < -0.3 is 9.52 Å². The maximum Gasteiger partial charge on any atom is 0.119 e. The highest BCUT2D eigenvalue weighted by Crippen LogP contribution is 2.09. The minimum atomic E-state index is -0.848. The third-order valence-corrected chi connectivity index (χ3v) is 2.45. The van der Waals surface area contributed by atoms with E-state index >= 15 is 0 Å². The fraction of sp³-hybridized carbons (Fsp3) is 0.600. The first-order valence-electron chi connectivity index (χ1n) is 6.33. The molecule has 17 heavy (non-hydrogen) atoms. The highest BCUT2D eigenvalue weighted by Gasteiger charge is 2.04. The summed E-state index contributed by atoms with van der Waals surface area (Å²) in [5.41, 5.74) is -0.848. The van der Waals surface area contributed by atoms with E-state index in [2.05, 4.69) is 11.8 Å². The predicted octanol–water partition coefficient (Wildman–Crippen LogP) is 3.55. The highest BCUT2D eigenvalue weighted by atomic mass is 16.3. The van der Waals surface area contributed by atoms with Crippen LogP contribution in [-0.4, -0.2) is 10.7 Å². The first-order chi connectivity index (χ1) is 8.08. The van der Waals surface area contributed by atoms with Crippen molar-refractivity contribution in [2.45, 2.75) is 58.0 Å². The van der Waals surface area contributed by atoms with Crippen molar-refractivity contribution in [1.82, 2.24) is 0 Å². The summed E-state index contributed by atoms with van der Waals surface area (Å²) in [5.74, 6) is 6.91. The lowest BCUT2D eigenvalue weighted by Gasteiger charge is -2.05. The van der Waals surface area contributed by atoms with E-state index in [-0.39, 0.29) is 0 Å². The first kappa shape index (κ1) is 13.9. The Kier molecular flexibility index (Phi) is 5.86. The zero-order valence-electron chi connectivity index (χ0n) is 10.8. The van der Waals surface area contributed by atoms with Crippen LogP contribution in [0.25, 0.3) is 0 Å². The third-order valence-electron chi connectivity index (χ3n) is 2.45. The number of hydrogen-bond donors (Lipinski definition) is 1. The Morgan fingerprint density at radius 2 is 2.00 bits per heavy atom. The molecule has 2 nitrogen and oxygen atoms in total. The van der Waals surface area contributed by atoms with E-state index in [1.807, 2.05) is 12.1 Å². The van der Waals surface area contributed by atoms with Crippen LogP contribution in [0.1, 0.15) is 51.7 Å². The number of hydrogen-bond acceptors (Lipinski definition) is 2. The monoisotopic (exact) mass is 234 g/mol. The average molecular weight is 234 g/mol. The quantitative estimate of drug-likeness (QED) is 0.603. The molecule has 1 heterocycles. The van der Waals surface area contributed by atoms with Gasteiger partial charge in [0.25, 0.3) is 0 Å². The molecule has 0 amide bonds. The summed E-state index contributed by atoms with van der Waals surface area (Å²) in [6.45, 7) is 3.42. The summed E-state index contributed by atoms with van der Waals surface area (Å²) >= 11 is 0. The van der Waals surface area contributed by atoms with Gasteiger partial charge in [-0.05, 0) is 38.8 Å². The fourth-order valence-electron chi connectivity index (χ4n) is 1.60. The second kappa shape index (κ2) is 7.19. The van der Waals surface area contributed by atoms with Gasteiger partial charge in [0, 0.05) is 12.8 Å². The molecule has 0 fully saturated rings. The van der Waals surface area contributed by atoms with Crippen molar-refractivity contribution < 1.29 is 9.52 Å². The van der Waals surface area contributed by atoms with Crippen LogP contribution in [0.3, 0.4) is 0 Å². The van der Waals surface area contributed by atoms with Crippen molar-refractivity contribution in [2.75, 3.05) is 0 Å². The van der Waals surface area contributed by atoms with Crippen LogP contribution in [0, 0.1) is 11.8 Å². The number of aliphatic hydroxyl groups is 1. The standard InChI is InChI=1S/C15H22O2/c1-15(2,16)12-8-6-4-3-5-7-10-14-11-9-13-17-14/h9,11,13,16H,3-7,10H2,1-2H3. The number of rotatable bonds is 6. The molecular formula is C15H22O2. The van der Waals surface area contributed by atoms with Crippen LogP contribution in [0.2, 0.25) is 0 Å². The first-order valence-corrected chi connectivity index (χ1v) is 6.33. The van der Waals surface area contributed by atoms with Crippen LogP contribution in [0.4, 0.5) is 0 Å². The molecule has 0 bridgehead atoms. The number of furan rings is 1. The average Bonchev–Trinajstić information content (AvgIpc) is 2.73. The molecule has 0 saturated carbocycles. The Labute approximate surface area is 104 Å². The molecule has 0 aliphatic heterocycles. The second-order valence-corrected chi connectivity index (χ2v) is 4.85. The Morgan fingerprint density at radius 1 is 1.24 bits per heavy atom. The number of unbranched alkanes of at least 4 members (excludes halogenated alkanes) is 4. The molecule has 1 aromatic heterocycles. The zero-order chi connectivity index (χ0) is 12.6. The van der Waals surface area contributed by atoms with Gasteiger partial charge in [-0.1, -0.05) is 18.8 Å². The molecular weight excluding hydrogens is 212 g/mol. The third kappa shape index (κ3) is 7.65. The van der Waals surface area contributed by atoms with Crippen molar-refractivity contribution in [1.29, 1.82) is 0 Å². The Morgan fingerprint density at radius 3 is 2.65 bits per heavy atom. The Balaban J connectivity index is 1.96. The van der Waals surface area contributed by atoms with E-state index < -0.39 is 5.60 Å². The number of aryl methyl sites for hydroxylation is 1. The van der Waals surface area contributed by atoms with E-state index in [0.29, 0.717) is 0 Å². The molecule has 0 aromatic carbocycles. The summed E-state index contributed by atoms with van der Waals surface area (Å²) in [6, 6.07) is 3.95. The molecule has 0 radical (unpaired) electrons. The van der Waals surface area contributed by atoms with Crippen molar-refractivity contribution >= 4 is 0 Å². The summed E-state index contributed by atoms with van der Waals surface area (Å²) in [6.07, 6.45) is 8.33. The molecule has 1 aromatic rings. The van der Waals surface area contributed by atoms with Crippen LogP contribution >= 0.6 is 0 Å². The van der Waals surface area contributed by atoms with Crippen LogP contribution in [0.15, 0.2) is 22.8 Å². The van der Waals surface area contributed by atoms with Crippen LogP contribution < -0.4 is 0 Å². The minimum Gasteiger partial charge on any atom is -0.469 e. The van der Waals surface area contributed by atoms with Gasteiger partial charge in [-0.3, -0.25) is 0 Å². The largest absolute Gasteiger partial charge is 0.469 e. The van der Waals surface area contributed by atoms with Gasteiger partial charge in [-0.15, -0.1) is 5.92 Å². The summed E-state index contributed by atoms with van der Waals surface area (Å²) in [4.78, 5) is 0. The van der Waals surface area contributed by atoms with E-state index in [1.54, 1.807) is 20.1 Å². The normalized spacial score (nSPS) is 11.0. The highest BCUT2D eigenvalue weighted by molar-refractivity contribution is 5.09. The topological polar surface area (TPSA) is 33.4 Å². The molecule has 1 N–H and O–H groups in total. The lowest BCUT2D eigenvalue weighted by atomic mass is 10.1. The van der Waals surface area contributed by atoms with Gasteiger partial charge in [0.15, 0.2) is 0 Å². The van der Waals surface area contributed by atoms with E-state index in [0.717, 1.165) is 25.0 Å². The molecule has 0 unspecified atom stereocenters. The molecule has 0 saturated heterocycles. The molecule has 0 atom stereocenters. The zero-order valence-corrected chi connectivity index (χ0v) is 10.8. The van der Waals surface area contributed by atoms with Gasteiger partial charge in [-0.2, -0.15) is 0 Å². The van der Waals surface area contributed by atoms with Crippen molar-refractivity contribution in [3.05, 3.63) is 24.2 Å². The maximum atomic E-state index is 9.38. The van der Waals surface area contributed by atoms with Gasteiger partial charge in [-0.25, -0.2) is 0 Å². The minimum absolute atomic E-state index is 0.848. The van der Waals surface area contributed by atoms with Crippen LogP contribution in [-0.2, 0) is 6.42 Å². The van der Waals surface area contributed by atoms with Gasteiger partial charge >= 0.3 is 0 Å². The van der Waals surface area contributed by atoms with Crippen molar-refractivity contribution in [3.8, 4) is 11.8 Å². The SMILES string of the molecule is CC(C)(O)C#CCCCCCCc1ccco1. The maximum absolute atomic E-state index is 9.38. The predicted molar refractivity (Wildman–Crippen MR) is 69.6 cm³/mol. The molecule has 1 rings (SSSR count). The summed E-state index contributed by atoms with van der Waals surface area (Å²) < 4.78 is 5.27. The van der Waals surface area contributed by atoms with E-state index in [4.69, 9.17) is 4.42 Å². The van der Waals surface area contributed by atoms with Gasteiger partial charge in [0.2, 0.25) is 0 Å². The lowest BCUT2D eigenvalue weighted by molar-refractivity contribution is 0.143. The Hall–Kier alpha value is -1.20. The van der Waals surface area contributed by atoms with Gasteiger partial charge in [0.1, 0.15) is 11.4 Å². The Bertz CT molecular complexity index is 347. The fourth-order valence-corrected chi connectivity index (χ4v) is 1.60. The van der Waals surface area contributed by atoms with E-state index in [9.17, 15) is 5.11 Å². The smallest absolute Gasteiger partial charge is 0.119 e. The summed E-state index contributed by atoms with van der Waals surface area (Å²) in [7, 11) is 0. The second-order valence-electron chi connectivity index (χ2n) is 4.85. The van der Waals surface area contributed by atoms with Crippen LogP contribution in [0.5, 0.6) is 0 Å². The molecule has 94 valence electrons. The molecule has 0 aliphatic rings. The molecule has 2 heteroatoms. The van der Waals surface area contributed by atoms with Crippen molar-refractivity contribution in [2.24, 2.45) is 0 Å². The summed E-state index contributed by atoms with van der Waals surface area (Å²) in [5, 5.41) is 9.38. The van der Waals surface area contributed by atoms with Gasteiger partial charge in [0.05, 0.1) is 6.26 Å². The molecule has 0 aliphatic carbocycles. The van der Waals surface area contributed by atoms with Crippen molar-refractivity contribution in [3.63, 3.8) is 0 Å². The molecule has 0 spiro atoms. The van der Waals surface area contributed by atoms with E-state index in [1.165, 1.54) is 19.3 Å². The lowest BCUT2D eigenvalue weighted by Crippen LogP contribution is -2.14.